The molecule has 0 heterocycles. The molecule has 3 N–H and O–H groups in total. The highest BCUT2D eigenvalue weighted by Gasteiger charge is 2.08. The van der Waals surface area contributed by atoms with E-state index in [1.165, 1.54) is 18.7 Å². The summed E-state index contributed by atoms with van der Waals surface area (Å²) in [5.41, 5.74) is 8.72. The maximum Gasteiger partial charge on any atom is 0.148 e. The molecule has 0 amide bonds. The number of nitrogen functional groups attached to an aromatic ring is 1. The highest BCUT2D eigenvalue weighted by atomic mass is 19.1. The molecule has 0 unspecified atom stereocenters. The first-order valence-electron chi connectivity index (χ1n) is 6.97. The maximum absolute atomic E-state index is 13.8. The standard InChI is InChI=1S/C17H21FN2O/c1-11(2)13-6-4-12(5-7-13)10-20-16-9-17(21-3)15(19)8-14(16)18/h4-9,11,20H,10,19H2,1-3H3. The first-order chi connectivity index (χ1) is 10.0. The van der Waals surface area contributed by atoms with Crippen molar-refractivity contribution in [1.82, 2.24) is 0 Å². The summed E-state index contributed by atoms with van der Waals surface area (Å²) in [4.78, 5) is 0. The van der Waals surface area contributed by atoms with Crippen molar-refractivity contribution in [2.75, 3.05) is 18.2 Å². The molecule has 21 heavy (non-hydrogen) atoms. The molecule has 0 aliphatic rings. The van der Waals surface area contributed by atoms with Gasteiger partial charge in [0.05, 0.1) is 18.5 Å². The van der Waals surface area contributed by atoms with E-state index in [0.29, 0.717) is 29.6 Å². The summed E-state index contributed by atoms with van der Waals surface area (Å²) in [5, 5.41) is 3.07. The quantitative estimate of drug-likeness (QED) is 0.812. The largest absolute Gasteiger partial charge is 0.495 e. The third kappa shape index (κ3) is 3.66. The molecule has 0 saturated carbocycles. The van der Waals surface area contributed by atoms with Crippen molar-refractivity contribution in [2.45, 2.75) is 26.3 Å². The topological polar surface area (TPSA) is 47.3 Å². The third-order valence-corrected chi connectivity index (χ3v) is 3.45. The average molecular weight is 288 g/mol. The second-order valence-corrected chi connectivity index (χ2v) is 5.32. The van der Waals surface area contributed by atoms with Crippen LogP contribution in [0.25, 0.3) is 0 Å². The molecule has 0 saturated heterocycles. The molecule has 0 radical (unpaired) electrons. The predicted octanol–water partition coefficient (Wildman–Crippen LogP) is 4.15. The molecule has 0 bridgehead atoms. The van der Waals surface area contributed by atoms with E-state index < -0.39 is 0 Å². The van der Waals surface area contributed by atoms with Gasteiger partial charge >= 0.3 is 0 Å². The summed E-state index contributed by atoms with van der Waals surface area (Å²) in [6, 6.07) is 11.1. The number of nitrogens with one attached hydrogen (secondary N) is 1. The normalized spacial score (nSPS) is 10.7. The summed E-state index contributed by atoms with van der Waals surface area (Å²) in [7, 11) is 1.51. The zero-order valence-corrected chi connectivity index (χ0v) is 12.6. The van der Waals surface area contributed by atoms with E-state index >= 15 is 0 Å². The molecule has 0 aliphatic heterocycles. The van der Waals surface area contributed by atoms with Crippen molar-refractivity contribution in [3.8, 4) is 5.75 Å². The Bertz CT molecular complexity index is 609. The lowest BCUT2D eigenvalue weighted by Gasteiger charge is -2.12. The van der Waals surface area contributed by atoms with Gasteiger partial charge < -0.3 is 15.8 Å². The number of anilines is 2. The summed E-state index contributed by atoms with van der Waals surface area (Å²) in [6.07, 6.45) is 0. The van der Waals surface area contributed by atoms with Gasteiger partial charge in [0.1, 0.15) is 11.6 Å². The van der Waals surface area contributed by atoms with E-state index in [0.717, 1.165) is 5.56 Å². The molecule has 0 aliphatic carbocycles. The number of halogens is 1. The molecular weight excluding hydrogens is 267 g/mol. The monoisotopic (exact) mass is 288 g/mol. The van der Waals surface area contributed by atoms with Gasteiger partial charge in [-0.2, -0.15) is 0 Å². The van der Waals surface area contributed by atoms with Gasteiger partial charge in [-0.05, 0) is 17.0 Å². The Morgan fingerprint density at radius 3 is 2.43 bits per heavy atom. The Kier molecular flexibility index (Phi) is 4.68. The number of benzene rings is 2. The highest BCUT2D eigenvalue weighted by molar-refractivity contribution is 5.62. The fourth-order valence-electron chi connectivity index (χ4n) is 2.10. The molecule has 0 fully saturated rings. The van der Waals surface area contributed by atoms with Crippen LogP contribution in [-0.4, -0.2) is 7.11 Å². The van der Waals surface area contributed by atoms with E-state index in [1.54, 1.807) is 6.07 Å². The number of hydrogen-bond acceptors (Lipinski definition) is 3. The van der Waals surface area contributed by atoms with Crippen LogP contribution in [0.3, 0.4) is 0 Å². The van der Waals surface area contributed by atoms with Crippen LogP contribution in [0.2, 0.25) is 0 Å². The van der Waals surface area contributed by atoms with Crippen LogP contribution in [0.15, 0.2) is 36.4 Å². The molecule has 3 nitrogen and oxygen atoms in total. The molecule has 2 aromatic carbocycles. The van der Waals surface area contributed by atoms with E-state index in [2.05, 4.69) is 43.4 Å². The van der Waals surface area contributed by atoms with Crippen LogP contribution in [0.4, 0.5) is 15.8 Å². The molecule has 2 aromatic rings. The summed E-state index contributed by atoms with van der Waals surface area (Å²) in [5.74, 6) is 0.590. The van der Waals surface area contributed by atoms with Gasteiger partial charge in [-0.25, -0.2) is 4.39 Å². The molecule has 0 aromatic heterocycles. The van der Waals surface area contributed by atoms with E-state index in [1.807, 2.05) is 0 Å². The zero-order chi connectivity index (χ0) is 15.4. The number of ether oxygens (including phenoxy) is 1. The Morgan fingerprint density at radius 2 is 1.86 bits per heavy atom. The summed E-state index contributed by atoms with van der Waals surface area (Å²) < 4.78 is 18.9. The Hall–Kier alpha value is -2.23. The Balaban J connectivity index is 2.09. The molecule has 0 atom stereocenters. The van der Waals surface area contributed by atoms with Gasteiger partial charge in [0, 0.05) is 18.7 Å². The summed E-state index contributed by atoms with van der Waals surface area (Å²) >= 11 is 0. The van der Waals surface area contributed by atoms with Crippen LogP contribution in [0.5, 0.6) is 5.75 Å². The van der Waals surface area contributed by atoms with Crippen LogP contribution in [0, 0.1) is 5.82 Å². The second-order valence-electron chi connectivity index (χ2n) is 5.32. The predicted molar refractivity (Wildman–Crippen MR) is 85.2 cm³/mol. The fraction of sp³-hybridized carbons (Fsp3) is 0.294. The lowest BCUT2D eigenvalue weighted by atomic mass is 10.0. The fourth-order valence-corrected chi connectivity index (χ4v) is 2.10. The SMILES string of the molecule is COc1cc(NCc2ccc(C(C)C)cc2)c(F)cc1N. The molecule has 4 heteroatoms. The lowest BCUT2D eigenvalue weighted by molar-refractivity contribution is 0.416. The van der Waals surface area contributed by atoms with Gasteiger partial charge in [-0.3, -0.25) is 0 Å². The van der Waals surface area contributed by atoms with Crippen molar-refractivity contribution in [2.24, 2.45) is 0 Å². The van der Waals surface area contributed by atoms with Gasteiger partial charge in [0.2, 0.25) is 0 Å². The molecule has 2 rings (SSSR count). The van der Waals surface area contributed by atoms with Gasteiger partial charge in [-0.15, -0.1) is 0 Å². The minimum atomic E-state index is -0.382. The highest BCUT2D eigenvalue weighted by Crippen LogP contribution is 2.28. The van der Waals surface area contributed by atoms with Crippen LogP contribution < -0.4 is 15.8 Å². The number of rotatable bonds is 5. The minimum Gasteiger partial charge on any atom is -0.495 e. The van der Waals surface area contributed by atoms with Crippen molar-refractivity contribution < 1.29 is 9.13 Å². The van der Waals surface area contributed by atoms with Crippen LogP contribution in [0.1, 0.15) is 30.9 Å². The Labute approximate surface area is 124 Å². The maximum atomic E-state index is 13.8. The third-order valence-electron chi connectivity index (χ3n) is 3.45. The van der Waals surface area contributed by atoms with Gasteiger partial charge in [0.15, 0.2) is 0 Å². The van der Waals surface area contributed by atoms with Gasteiger partial charge in [0.25, 0.3) is 0 Å². The van der Waals surface area contributed by atoms with Crippen molar-refractivity contribution in [1.29, 1.82) is 0 Å². The first kappa shape index (κ1) is 15.2. The van der Waals surface area contributed by atoms with E-state index in [-0.39, 0.29) is 5.82 Å². The second kappa shape index (κ2) is 6.48. The Morgan fingerprint density at radius 1 is 1.19 bits per heavy atom. The van der Waals surface area contributed by atoms with Crippen LogP contribution in [-0.2, 0) is 6.54 Å². The number of hydrogen-bond donors (Lipinski definition) is 2. The minimum absolute atomic E-state index is 0.293. The number of methoxy groups -OCH3 is 1. The lowest BCUT2D eigenvalue weighted by Crippen LogP contribution is -2.03. The smallest absolute Gasteiger partial charge is 0.148 e. The van der Waals surface area contributed by atoms with Crippen molar-refractivity contribution in [3.63, 3.8) is 0 Å². The first-order valence-corrected chi connectivity index (χ1v) is 6.97. The average Bonchev–Trinajstić information content (AvgIpc) is 2.47. The van der Waals surface area contributed by atoms with E-state index in [9.17, 15) is 4.39 Å². The van der Waals surface area contributed by atoms with Crippen molar-refractivity contribution >= 4 is 11.4 Å². The van der Waals surface area contributed by atoms with Crippen LogP contribution >= 0.6 is 0 Å². The molecule has 112 valence electrons. The number of nitrogens with two attached hydrogens (primary N) is 1. The molecular formula is C17H21FN2O. The zero-order valence-electron chi connectivity index (χ0n) is 12.6. The van der Waals surface area contributed by atoms with Crippen molar-refractivity contribution in [3.05, 3.63) is 53.3 Å². The van der Waals surface area contributed by atoms with E-state index in [4.69, 9.17) is 10.5 Å². The molecule has 0 spiro atoms. The van der Waals surface area contributed by atoms with Gasteiger partial charge in [-0.1, -0.05) is 38.1 Å². The summed E-state index contributed by atoms with van der Waals surface area (Å²) in [6.45, 7) is 4.86.